The molecule has 60 valence electrons. The van der Waals surface area contributed by atoms with Crippen molar-refractivity contribution in [1.82, 2.24) is 0 Å². The molecule has 0 aliphatic heterocycles. The van der Waals surface area contributed by atoms with Crippen molar-refractivity contribution in [2.45, 2.75) is 4.90 Å². The van der Waals surface area contributed by atoms with Gasteiger partial charge in [0.2, 0.25) is 10.0 Å². The van der Waals surface area contributed by atoms with Gasteiger partial charge in [-0.2, -0.15) is 0 Å². The molecule has 0 aromatic heterocycles. The van der Waals surface area contributed by atoms with E-state index in [1.807, 2.05) is 0 Å². The number of hydrogen-bond acceptors (Lipinski definition) is 3. The molecule has 4 nitrogen and oxygen atoms in total. The van der Waals surface area contributed by atoms with Crippen molar-refractivity contribution >= 4 is 15.7 Å². The number of primary sulfonamides is 1. The Morgan fingerprint density at radius 1 is 1.09 bits per heavy atom. The maximum Gasteiger partial charge on any atom is 0.238 e. The van der Waals surface area contributed by atoms with E-state index in [1.54, 1.807) is 0 Å². The minimum atomic E-state index is -3.58. The van der Waals surface area contributed by atoms with Crippen LogP contribution in [0.2, 0.25) is 0 Å². The molecular weight excluding hydrogens is 170 g/mol. The van der Waals surface area contributed by atoms with Crippen molar-refractivity contribution in [1.29, 1.82) is 0 Å². The van der Waals surface area contributed by atoms with Crippen LogP contribution in [-0.2, 0) is 10.0 Å². The van der Waals surface area contributed by atoms with Crippen molar-refractivity contribution in [3.05, 3.63) is 24.3 Å². The molecule has 0 aliphatic rings. The van der Waals surface area contributed by atoms with Crippen LogP contribution >= 0.6 is 0 Å². The predicted octanol–water partition coefficient (Wildman–Crippen LogP) is -0.0838. The highest BCUT2D eigenvalue weighted by atomic mass is 32.2. The van der Waals surface area contributed by atoms with Crippen LogP contribution in [0.4, 0.5) is 5.69 Å². The molecule has 0 aliphatic carbocycles. The van der Waals surface area contributed by atoms with E-state index in [0.717, 1.165) is 0 Å². The summed E-state index contributed by atoms with van der Waals surface area (Å²) in [6.45, 7) is 0. The van der Waals surface area contributed by atoms with Crippen molar-refractivity contribution in [3.63, 3.8) is 0 Å². The first kappa shape index (κ1) is 8.03. The molecule has 0 heterocycles. The first-order valence-electron chi connectivity index (χ1n) is 2.88. The molecule has 0 saturated heterocycles. The molecule has 0 spiro atoms. The molecule has 0 amide bonds. The van der Waals surface area contributed by atoms with Crippen molar-refractivity contribution in [2.24, 2.45) is 5.14 Å². The van der Waals surface area contributed by atoms with Gasteiger partial charge < -0.3 is 5.73 Å². The first-order chi connectivity index (χ1) is 5.00. The number of sulfonamides is 1. The van der Waals surface area contributed by atoms with Crippen LogP contribution in [0.15, 0.2) is 29.2 Å². The fourth-order valence-corrected chi connectivity index (χ4v) is 1.17. The van der Waals surface area contributed by atoms with Gasteiger partial charge in [0.1, 0.15) is 0 Å². The lowest BCUT2D eigenvalue weighted by Gasteiger charge is -1.96. The Morgan fingerprint density at radius 3 is 1.91 bits per heavy atom. The summed E-state index contributed by atoms with van der Waals surface area (Å²) in [5, 5.41) is 4.84. The Bertz CT molecular complexity index is 341. The van der Waals surface area contributed by atoms with Crippen molar-refractivity contribution in [3.8, 4) is 0 Å². The smallest absolute Gasteiger partial charge is 0.238 e. The van der Waals surface area contributed by atoms with Gasteiger partial charge in [-0.1, -0.05) is 0 Å². The average molecular weight is 178 g/mol. The van der Waals surface area contributed by atoms with Crippen LogP contribution in [0.25, 0.3) is 0 Å². The Hall–Kier alpha value is -1.07. The van der Waals surface area contributed by atoms with Crippen LogP contribution in [-0.4, -0.2) is 8.42 Å². The van der Waals surface area contributed by atoms with E-state index in [9.17, 15) is 8.42 Å². The molecule has 0 radical (unpaired) electrons. The Morgan fingerprint density at radius 2 is 1.55 bits per heavy atom. The summed E-state index contributed by atoms with van der Waals surface area (Å²) < 4.78 is 21.4. The van der Waals surface area contributed by atoms with E-state index in [1.165, 1.54) is 24.3 Å². The summed E-state index contributed by atoms with van der Waals surface area (Å²) in [6, 6.07) is 5.70. The van der Waals surface area contributed by atoms with Gasteiger partial charge in [0.25, 0.3) is 0 Å². The number of nitrogen functional groups attached to an aromatic ring is 1. The summed E-state index contributed by atoms with van der Waals surface area (Å²) in [6.07, 6.45) is 0. The summed E-state index contributed by atoms with van der Waals surface area (Å²) in [4.78, 5) is 0.0756. The molecule has 1 aromatic carbocycles. The van der Waals surface area contributed by atoms with Gasteiger partial charge in [-0.25, -0.2) is 13.6 Å². The van der Waals surface area contributed by atoms with Gasteiger partial charge in [0.15, 0.2) is 0 Å². The van der Waals surface area contributed by atoms with Gasteiger partial charge in [0.05, 0.1) is 4.90 Å². The van der Waals surface area contributed by atoms with E-state index in [4.69, 9.17) is 10.9 Å². The highest BCUT2D eigenvalue weighted by Gasteiger charge is 2.04. The highest BCUT2D eigenvalue weighted by molar-refractivity contribution is 7.89. The third kappa shape index (κ3) is 1.92. The standard InChI is InChI=1S/C6H8N2O2S/c7-5-1-3-6(4-2-5)11(8,9)10/h1-4H,7H2,(H2,8,9,10)/i1+1,2+1,3+1,4+1,5+1,6+1. The van der Waals surface area contributed by atoms with Crippen molar-refractivity contribution < 1.29 is 8.42 Å². The van der Waals surface area contributed by atoms with E-state index in [0.29, 0.717) is 5.69 Å². The fourth-order valence-electron chi connectivity index (χ4n) is 0.658. The molecule has 0 fully saturated rings. The second-order valence-electron chi connectivity index (χ2n) is 2.11. The van der Waals surface area contributed by atoms with E-state index in [2.05, 4.69) is 0 Å². The van der Waals surface area contributed by atoms with E-state index < -0.39 is 10.0 Å². The SMILES string of the molecule is N[13c]1[13cH][13cH][13c](S(N)(=O)=O)[13cH][13cH]1. The second kappa shape index (κ2) is 2.52. The minimum Gasteiger partial charge on any atom is -0.399 e. The zero-order valence-corrected chi connectivity index (χ0v) is 6.51. The zero-order chi connectivity index (χ0) is 8.48. The summed E-state index contributed by atoms with van der Waals surface area (Å²) >= 11 is 0. The Balaban J connectivity index is 3.20. The fraction of sp³-hybridized carbons (Fsp3) is 0. The third-order valence-corrected chi connectivity index (χ3v) is 2.14. The molecule has 1 rings (SSSR count). The number of nitrogens with two attached hydrogens (primary N) is 2. The van der Waals surface area contributed by atoms with Gasteiger partial charge in [-0.3, -0.25) is 0 Å². The molecule has 11 heavy (non-hydrogen) atoms. The van der Waals surface area contributed by atoms with E-state index >= 15 is 0 Å². The number of hydrogen-bond donors (Lipinski definition) is 2. The molecule has 5 heteroatoms. The third-order valence-electron chi connectivity index (χ3n) is 1.21. The number of benzene rings is 1. The van der Waals surface area contributed by atoms with Crippen LogP contribution in [0, 0.1) is 0 Å². The molecule has 1 aromatic rings. The second-order valence-corrected chi connectivity index (χ2v) is 3.68. The summed E-state index contributed by atoms with van der Waals surface area (Å²) in [5.41, 5.74) is 5.85. The first-order valence-corrected chi connectivity index (χ1v) is 4.43. The Labute approximate surface area is 64.9 Å². The van der Waals surface area contributed by atoms with E-state index in [-0.39, 0.29) is 4.90 Å². The van der Waals surface area contributed by atoms with Gasteiger partial charge >= 0.3 is 0 Å². The minimum absolute atomic E-state index is 0.0756. The molecular formula is C6H8N2O2S. The topological polar surface area (TPSA) is 86.2 Å². The highest BCUT2D eigenvalue weighted by Crippen LogP contribution is 2.08. The average Bonchev–Trinajstić information content (AvgIpc) is 1.86. The van der Waals surface area contributed by atoms with Crippen molar-refractivity contribution in [2.75, 3.05) is 5.73 Å². The maximum absolute atomic E-state index is 10.7. The zero-order valence-electron chi connectivity index (χ0n) is 5.69. The Kier molecular flexibility index (Phi) is 1.84. The molecule has 0 bridgehead atoms. The largest absolute Gasteiger partial charge is 0.399 e. The quantitative estimate of drug-likeness (QED) is 0.589. The predicted molar refractivity (Wildman–Crippen MR) is 42.2 cm³/mol. The summed E-state index contributed by atoms with van der Waals surface area (Å²) in [7, 11) is -3.58. The normalized spacial score (nSPS) is 11.4. The van der Waals surface area contributed by atoms with Crippen LogP contribution < -0.4 is 10.9 Å². The van der Waals surface area contributed by atoms with Crippen LogP contribution in [0.1, 0.15) is 0 Å². The van der Waals surface area contributed by atoms with Gasteiger partial charge in [-0.15, -0.1) is 0 Å². The monoisotopic (exact) mass is 178 g/mol. The molecule has 0 saturated carbocycles. The van der Waals surface area contributed by atoms with Crippen LogP contribution in [0.3, 0.4) is 0 Å². The number of anilines is 1. The lowest BCUT2D eigenvalue weighted by Crippen LogP contribution is -2.11. The lowest BCUT2D eigenvalue weighted by atomic mass is 11.3. The molecule has 0 atom stereocenters. The molecule has 4 N–H and O–H groups in total. The molecule has 0 unspecified atom stereocenters. The number of rotatable bonds is 1. The van der Waals surface area contributed by atoms with Crippen LogP contribution in [0.5, 0.6) is 0 Å². The maximum atomic E-state index is 10.7. The van der Waals surface area contributed by atoms with Gasteiger partial charge in [-0.05, 0) is 24.3 Å². The summed E-state index contributed by atoms with van der Waals surface area (Å²) in [5.74, 6) is 0. The lowest BCUT2D eigenvalue weighted by molar-refractivity contribution is 0.598. The van der Waals surface area contributed by atoms with Gasteiger partial charge in [0, 0.05) is 5.69 Å².